The number of unbranched alkanes of at least 4 members (excludes halogenated alkanes) is 3. The zero-order chi connectivity index (χ0) is 11.4. The Hall–Kier alpha value is -0.120. The zero-order valence-electron chi connectivity index (χ0n) is 10.3. The van der Waals surface area contributed by atoms with Crippen LogP contribution in [0.4, 0.5) is 0 Å². The van der Waals surface area contributed by atoms with Gasteiger partial charge < -0.3 is 16.8 Å². The summed E-state index contributed by atoms with van der Waals surface area (Å²) in [7, 11) is 0. The number of rotatable bonds is 11. The lowest BCUT2D eigenvalue weighted by molar-refractivity contribution is 0.519. The van der Waals surface area contributed by atoms with E-state index in [0.717, 1.165) is 25.9 Å². The van der Waals surface area contributed by atoms with Crippen LogP contribution in [0.15, 0.2) is 0 Å². The van der Waals surface area contributed by atoms with Gasteiger partial charge in [-0.2, -0.15) is 0 Å². The summed E-state index contributed by atoms with van der Waals surface area (Å²) in [6, 6.07) is 0.303. The van der Waals surface area contributed by atoms with Crippen LogP contribution in [-0.4, -0.2) is 25.7 Å². The van der Waals surface area contributed by atoms with E-state index in [1.165, 1.54) is 32.1 Å². The Labute approximate surface area is 95.0 Å². The van der Waals surface area contributed by atoms with Gasteiger partial charge >= 0.3 is 0 Å². The summed E-state index contributed by atoms with van der Waals surface area (Å²) in [5.41, 5.74) is 11.3. The van der Waals surface area contributed by atoms with Crippen LogP contribution in [0.2, 0.25) is 0 Å². The Bertz CT molecular complexity index is 117. The van der Waals surface area contributed by atoms with Crippen molar-refractivity contribution in [3.8, 4) is 0 Å². The number of hydrogen-bond acceptors (Lipinski definition) is 3. The minimum absolute atomic E-state index is 0.303. The van der Waals surface area contributed by atoms with E-state index in [1.54, 1.807) is 0 Å². The standard InChI is InChI=1S/C12H29N3/c1-2-3-4-5-10-15-11-6-7-12(14)8-9-13/h12,15H,2-11,13-14H2,1H3. The van der Waals surface area contributed by atoms with Crippen LogP contribution in [0.3, 0.4) is 0 Å². The first-order chi connectivity index (χ1) is 7.31. The van der Waals surface area contributed by atoms with Crippen molar-refractivity contribution in [2.24, 2.45) is 11.5 Å². The van der Waals surface area contributed by atoms with Crippen molar-refractivity contribution < 1.29 is 0 Å². The molecule has 0 radical (unpaired) electrons. The van der Waals surface area contributed by atoms with Gasteiger partial charge in [-0.1, -0.05) is 26.2 Å². The quantitative estimate of drug-likeness (QED) is 0.459. The Kier molecular flexibility index (Phi) is 11.9. The number of hydrogen-bond donors (Lipinski definition) is 3. The Morgan fingerprint density at radius 1 is 1.00 bits per heavy atom. The first-order valence-electron chi connectivity index (χ1n) is 6.47. The van der Waals surface area contributed by atoms with Crippen LogP contribution in [0.25, 0.3) is 0 Å². The van der Waals surface area contributed by atoms with E-state index in [9.17, 15) is 0 Å². The van der Waals surface area contributed by atoms with E-state index in [1.807, 2.05) is 0 Å². The first-order valence-corrected chi connectivity index (χ1v) is 6.47. The van der Waals surface area contributed by atoms with Crippen LogP contribution in [0.1, 0.15) is 51.9 Å². The molecule has 0 aliphatic rings. The molecule has 3 heteroatoms. The molecular weight excluding hydrogens is 186 g/mol. The second-order valence-electron chi connectivity index (χ2n) is 4.29. The van der Waals surface area contributed by atoms with Crippen LogP contribution < -0.4 is 16.8 Å². The SMILES string of the molecule is CCCCCCNCCCC(N)CCN. The molecule has 5 N–H and O–H groups in total. The van der Waals surface area contributed by atoms with Gasteiger partial charge in [-0.05, 0) is 45.3 Å². The summed E-state index contributed by atoms with van der Waals surface area (Å²) in [6.07, 6.45) is 8.57. The van der Waals surface area contributed by atoms with E-state index < -0.39 is 0 Å². The van der Waals surface area contributed by atoms with Crippen molar-refractivity contribution in [2.75, 3.05) is 19.6 Å². The van der Waals surface area contributed by atoms with Crippen LogP contribution in [0.5, 0.6) is 0 Å². The van der Waals surface area contributed by atoms with Gasteiger partial charge in [-0.15, -0.1) is 0 Å². The van der Waals surface area contributed by atoms with Crippen molar-refractivity contribution in [3.63, 3.8) is 0 Å². The fourth-order valence-corrected chi connectivity index (χ4v) is 1.65. The molecule has 0 aromatic carbocycles. The molecule has 0 fully saturated rings. The average molecular weight is 215 g/mol. The van der Waals surface area contributed by atoms with Gasteiger partial charge in [0.2, 0.25) is 0 Å². The minimum Gasteiger partial charge on any atom is -0.330 e. The third-order valence-electron chi connectivity index (χ3n) is 2.67. The van der Waals surface area contributed by atoms with Gasteiger partial charge in [0.1, 0.15) is 0 Å². The Morgan fingerprint density at radius 3 is 2.40 bits per heavy atom. The lowest BCUT2D eigenvalue weighted by Gasteiger charge is -2.10. The molecule has 92 valence electrons. The fourth-order valence-electron chi connectivity index (χ4n) is 1.65. The van der Waals surface area contributed by atoms with E-state index in [2.05, 4.69) is 12.2 Å². The second-order valence-corrected chi connectivity index (χ2v) is 4.29. The molecule has 1 unspecified atom stereocenters. The molecule has 15 heavy (non-hydrogen) atoms. The highest BCUT2D eigenvalue weighted by Gasteiger charge is 1.99. The lowest BCUT2D eigenvalue weighted by Crippen LogP contribution is -2.25. The molecular formula is C12H29N3. The molecule has 0 saturated heterocycles. The van der Waals surface area contributed by atoms with Crippen molar-refractivity contribution in [2.45, 2.75) is 57.9 Å². The molecule has 0 aromatic heterocycles. The number of nitrogens with one attached hydrogen (secondary N) is 1. The molecule has 1 atom stereocenters. The van der Waals surface area contributed by atoms with Crippen molar-refractivity contribution in [3.05, 3.63) is 0 Å². The van der Waals surface area contributed by atoms with Gasteiger partial charge in [0.15, 0.2) is 0 Å². The lowest BCUT2D eigenvalue weighted by atomic mass is 10.1. The summed E-state index contributed by atoms with van der Waals surface area (Å²) in [5.74, 6) is 0. The molecule has 0 aliphatic heterocycles. The molecule has 3 nitrogen and oxygen atoms in total. The third kappa shape index (κ3) is 11.8. The van der Waals surface area contributed by atoms with Crippen LogP contribution >= 0.6 is 0 Å². The summed E-state index contributed by atoms with van der Waals surface area (Å²) >= 11 is 0. The van der Waals surface area contributed by atoms with Gasteiger partial charge in [-0.25, -0.2) is 0 Å². The maximum atomic E-state index is 5.86. The summed E-state index contributed by atoms with van der Waals surface area (Å²) in [5, 5.41) is 3.45. The van der Waals surface area contributed by atoms with Crippen LogP contribution in [-0.2, 0) is 0 Å². The highest BCUT2D eigenvalue weighted by molar-refractivity contribution is 4.62. The van der Waals surface area contributed by atoms with Crippen molar-refractivity contribution in [1.82, 2.24) is 5.32 Å². The van der Waals surface area contributed by atoms with Crippen molar-refractivity contribution >= 4 is 0 Å². The Morgan fingerprint density at radius 2 is 1.73 bits per heavy atom. The second kappa shape index (κ2) is 12.0. The molecule has 0 aliphatic carbocycles. The highest BCUT2D eigenvalue weighted by Crippen LogP contribution is 1.98. The van der Waals surface area contributed by atoms with Crippen molar-refractivity contribution in [1.29, 1.82) is 0 Å². The van der Waals surface area contributed by atoms with Gasteiger partial charge in [-0.3, -0.25) is 0 Å². The molecule has 0 heterocycles. The van der Waals surface area contributed by atoms with Gasteiger partial charge in [0.25, 0.3) is 0 Å². The largest absolute Gasteiger partial charge is 0.330 e. The summed E-state index contributed by atoms with van der Waals surface area (Å²) < 4.78 is 0. The monoisotopic (exact) mass is 215 g/mol. The molecule has 0 amide bonds. The maximum absolute atomic E-state index is 5.86. The minimum atomic E-state index is 0.303. The predicted molar refractivity (Wildman–Crippen MR) is 67.9 cm³/mol. The first kappa shape index (κ1) is 14.9. The third-order valence-corrected chi connectivity index (χ3v) is 2.67. The average Bonchev–Trinajstić information content (AvgIpc) is 2.22. The molecule has 0 aromatic rings. The highest BCUT2D eigenvalue weighted by atomic mass is 14.8. The summed E-state index contributed by atoms with van der Waals surface area (Å²) in [6.45, 7) is 5.22. The van der Waals surface area contributed by atoms with Crippen LogP contribution in [0, 0.1) is 0 Å². The topological polar surface area (TPSA) is 64.1 Å². The smallest absolute Gasteiger partial charge is 0.00513 e. The van der Waals surface area contributed by atoms with E-state index in [0.29, 0.717) is 12.6 Å². The van der Waals surface area contributed by atoms with E-state index >= 15 is 0 Å². The molecule has 0 saturated carbocycles. The molecule has 0 spiro atoms. The van der Waals surface area contributed by atoms with E-state index in [4.69, 9.17) is 11.5 Å². The predicted octanol–water partition coefficient (Wildman–Crippen LogP) is 1.61. The Balaban J connectivity index is 2.98. The normalized spacial score (nSPS) is 13.0. The molecule has 0 rings (SSSR count). The zero-order valence-corrected chi connectivity index (χ0v) is 10.3. The number of nitrogens with two attached hydrogens (primary N) is 2. The fraction of sp³-hybridized carbons (Fsp3) is 1.00. The van der Waals surface area contributed by atoms with Gasteiger partial charge in [0.05, 0.1) is 0 Å². The summed E-state index contributed by atoms with van der Waals surface area (Å²) in [4.78, 5) is 0. The molecule has 0 bridgehead atoms. The van der Waals surface area contributed by atoms with E-state index in [-0.39, 0.29) is 0 Å². The maximum Gasteiger partial charge on any atom is 0.00513 e. The van der Waals surface area contributed by atoms with Gasteiger partial charge in [0, 0.05) is 6.04 Å².